The van der Waals surface area contributed by atoms with Crippen LogP contribution in [0.1, 0.15) is 38.8 Å². The zero-order chi connectivity index (χ0) is 56.2. The molecule has 29 nitrogen and oxygen atoms in total. The minimum atomic E-state index is -1.96. The molecule has 0 bridgehead atoms. The quantitative estimate of drug-likeness (QED) is 0.0403. The maximum atomic E-state index is 13.2. The fourth-order valence-electron chi connectivity index (χ4n) is 10.5. The molecular formula is C49H67N9O20. The van der Waals surface area contributed by atoms with Gasteiger partial charge in [0.25, 0.3) is 0 Å². The lowest BCUT2D eigenvalue weighted by molar-refractivity contribution is -0.373. The molecule has 0 aromatic heterocycles. The van der Waals surface area contributed by atoms with Crippen LogP contribution in [0.4, 0.5) is 0 Å². The van der Waals surface area contributed by atoms with Crippen LogP contribution in [0.2, 0.25) is 0 Å². The van der Waals surface area contributed by atoms with Crippen LogP contribution >= 0.6 is 0 Å². The van der Waals surface area contributed by atoms with Gasteiger partial charge < -0.3 is 92.3 Å². The Balaban J connectivity index is 1.16. The van der Waals surface area contributed by atoms with E-state index in [-0.39, 0.29) is 19.1 Å². The predicted molar refractivity (Wildman–Crippen MR) is 262 cm³/mol. The van der Waals surface area contributed by atoms with Crippen LogP contribution in [0.3, 0.4) is 0 Å². The molecule has 10 unspecified atom stereocenters. The van der Waals surface area contributed by atoms with E-state index in [0.29, 0.717) is 17.4 Å². The van der Waals surface area contributed by atoms with Crippen molar-refractivity contribution in [3.05, 3.63) is 103 Å². The summed E-state index contributed by atoms with van der Waals surface area (Å²) in [6.07, 6.45) is -26.8. The SMILES string of the molecule is CO[C@H]1OC(CO)[C@@H](O[C@@H]2OC(C=O)[C@H](O[C@@H]3OC(CO)[C@@H](O[C@@H]4OC(C(=O)O)[C@@H](O[C@H]5OC(CO)[C@@H](C)[C@H](C)C5N=[N+]=[N-])[C@H](C)C4OCc4ccccc4)[C@H](O)C3N=[N+]=[N-])[C@@H](OCc3ccccc3)C2O)[C@H](C)C1N=[N+]=[N-]. The number of benzene rings is 2. The number of carbonyl (C=O) groups excluding carboxylic acids is 1. The maximum absolute atomic E-state index is 13.2. The number of aldehydes is 1. The fraction of sp³-hybridized carbons (Fsp3) is 0.714. The Labute approximate surface area is 447 Å². The second-order valence-corrected chi connectivity index (χ2v) is 19.7. The van der Waals surface area contributed by atoms with Crippen LogP contribution in [-0.4, -0.2) is 199 Å². The highest BCUT2D eigenvalue weighted by Gasteiger charge is 2.57. The van der Waals surface area contributed by atoms with Crippen molar-refractivity contribution in [2.45, 2.75) is 170 Å². The number of carboxylic acid groups (broad SMARTS) is 1. The Morgan fingerprint density at radius 1 is 0.551 bits per heavy atom. The number of hydrogen-bond acceptors (Lipinski definition) is 22. The summed E-state index contributed by atoms with van der Waals surface area (Å²) in [5, 5.41) is 77.9. The second kappa shape index (κ2) is 28.3. The van der Waals surface area contributed by atoms with Crippen molar-refractivity contribution in [2.24, 2.45) is 39.0 Å². The fourth-order valence-corrected chi connectivity index (χ4v) is 10.5. The van der Waals surface area contributed by atoms with Crippen LogP contribution in [0.25, 0.3) is 31.3 Å². The molecule has 6 N–H and O–H groups in total. The van der Waals surface area contributed by atoms with Gasteiger partial charge in [0, 0.05) is 27.8 Å². The number of rotatable bonds is 23. The third-order valence-electron chi connectivity index (χ3n) is 15.1. The minimum absolute atomic E-state index is 0.0804. The minimum Gasteiger partial charge on any atom is -0.479 e. The molecule has 5 aliphatic rings. The molecular weight excluding hydrogens is 1030 g/mol. The molecule has 2 aromatic rings. The van der Waals surface area contributed by atoms with E-state index < -0.39 is 172 Å². The van der Waals surface area contributed by atoms with Gasteiger partial charge in [-0.25, -0.2) is 4.79 Å². The molecule has 0 saturated carbocycles. The topological polar surface area (TPSA) is 413 Å². The number of aliphatic hydroxyl groups excluding tert-OH is 5. The molecule has 0 amide bonds. The summed E-state index contributed by atoms with van der Waals surface area (Å²) in [7, 11) is 1.32. The Hall–Kier alpha value is -5.17. The third-order valence-corrected chi connectivity index (χ3v) is 15.1. The molecule has 78 heavy (non-hydrogen) atoms. The summed E-state index contributed by atoms with van der Waals surface area (Å²) >= 11 is 0. The first-order valence-electron chi connectivity index (χ1n) is 25.4. The summed E-state index contributed by atoms with van der Waals surface area (Å²) in [4.78, 5) is 35.0. The van der Waals surface area contributed by atoms with Gasteiger partial charge in [-0.15, -0.1) is 0 Å². The predicted octanol–water partition coefficient (Wildman–Crippen LogP) is 2.53. The summed E-state index contributed by atoms with van der Waals surface area (Å²) in [5.74, 6) is -3.91. The first kappa shape index (κ1) is 60.5. The van der Waals surface area contributed by atoms with Crippen molar-refractivity contribution in [2.75, 3.05) is 26.9 Å². The Bertz CT molecular complexity index is 2390. The lowest BCUT2D eigenvalue weighted by atomic mass is 9.82. The van der Waals surface area contributed by atoms with E-state index in [1.165, 1.54) is 7.11 Å². The van der Waals surface area contributed by atoms with Gasteiger partial charge in [0.05, 0.1) is 63.4 Å². The zero-order valence-electron chi connectivity index (χ0n) is 43.2. The number of aliphatic hydroxyl groups is 5. The smallest absolute Gasteiger partial charge is 0.335 e. The van der Waals surface area contributed by atoms with Gasteiger partial charge in [0.2, 0.25) is 0 Å². The van der Waals surface area contributed by atoms with E-state index in [1.807, 2.05) is 0 Å². The molecule has 0 radical (unpaired) electrons. The summed E-state index contributed by atoms with van der Waals surface area (Å²) < 4.78 is 73.8. The normalized spacial score (nSPS) is 40.8. The number of methoxy groups -OCH3 is 1. The lowest BCUT2D eigenvalue weighted by Crippen LogP contribution is -2.67. The largest absolute Gasteiger partial charge is 0.479 e. The van der Waals surface area contributed by atoms with Crippen LogP contribution < -0.4 is 0 Å². The Morgan fingerprint density at radius 2 is 1.04 bits per heavy atom. The number of ether oxygens (including phenoxy) is 12. The van der Waals surface area contributed by atoms with Gasteiger partial charge in [0.1, 0.15) is 61.0 Å². The molecule has 0 aliphatic carbocycles. The standard InChI is InChI=1S/C49H67N9O20/c1-22-23(2)32(53-56-50)46(70-28(22)16-59)75-38-25(4)39(68-20-26-12-8-6-9-13-26)49(78-43(38)44(65)66)76-40-30(18-61)72-47(34(35(40)63)55-58-52)77-41-31(19-62)73-48(36(64)42(41)69-21-27-14-10-7-11-15-27)74-37-24(3)33(54-57-51)45(67-5)71-29(37)17-60/h6-15,19,22-25,28-43,45-49,59-61,63-64H,16-18,20-21H2,1-5H3,(H,65,66)/t22-,23-,24+,25-,28?,29?,30?,31?,32?,33?,34?,35+,36?,37-,38-,39?,40+,41-,42-,43?,45-,46+,47-,48-,49+/m0/s1. The lowest BCUT2D eigenvalue weighted by Gasteiger charge is -2.50. The number of azide groups is 3. The van der Waals surface area contributed by atoms with E-state index in [9.17, 15) is 56.8 Å². The summed E-state index contributed by atoms with van der Waals surface area (Å²) in [6.45, 7) is 4.62. The molecule has 25 atom stereocenters. The molecule has 5 aliphatic heterocycles. The molecule has 7 rings (SSSR count). The van der Waals surface area contributed by atoms with Gasteiger partial charge in [-0.1, -0.05) is 104 Å². The molecule has 428 valence electrons. The van der Waals surface area contributed by atoms with Crippen molar-refractivity contribution >= 4 is 12.3 Å². The molecule has 2 aromatic carbocycles. The summed E-state index contributed by atoms with van der Waals surface area (Å²) in [6, 6.07) is 13.9. The van der Waals surface area contributed by atoms with E-state index in [4.69, 9.17) is 56.8 Å². The second-order valence-electron chi connectivity index (χ2n) is 19.7. The Kier molecular flexibility index (Phi) is 21.9. The Morgan fingerprint density at radius 3 is 1.59 bits per heavy atom. The van der Waals surface area contributed by atoms with Crippen molar-refractivity contribution in [1.82, 2.24) is 0 Å². The van der Waals surface area contributed by atoms with E-state index in [0.717, 1.165) is 0 Å². The monoisotopic (exact) mass is 1100 g/mol. The number of nitrogens with zero attached hydrogens (tertiary/aromatic N) is 9. The highest BCUT2D eigenvalue weighted by atomic mass is 16.8. The highest BCUT2D eigenvalue weighted by molar-refractivity contribution is 5.73. The maximum Gasteiger partial charge on any atom is 0.335 e. The molecule has 5 heterocycles. The van der Waals surface area contributed by atoms with Crippen LogP contribution in [0.5, 0.6) is 0 Å². The van der Waals surface area contributed by atoms with Crippen molar-refractivity contribution in [3.8, 4) is 0 Å². The first-order chi connectivity index (χ1) is 37.7. The van der Waals surface area contributed by atoms with Gasteiger partial charge in [-0.05, 0) is 45.5 Å². The average molecular weight is 1100 g/mol. The number of hydrogen-bond donors (Lipinski definition) is 6. The molecule has 0 spiro atoms. The zero-order valence-corrected chi connectivity index (χ0v) is 43.2. The van der Waals surface area contributed by atoms with E-state index in [2.05, 4.69) is 30.1 Å². The van der Waals surface area contributed by atoms with Crippen LogP contribution in [0.15, 0.2) is 76.0 Å². The summed E-state index contributed by atoms with van der Waals surface area (Å²) in [5.41, 5.74) is 30.1. The molecule has 5 saturated heterocycles. The number of carbonyl (C=O) groups is 2. The van der Waals surface area contributed by atoms with E-state index in [1.54, 1.807) is 88.4 Å². The third kappa shape index (κ3) is 13.5. The molecule has 5 fully saturated rings. The van der Waals surface area contributed by atoms with Crippen molar-refractivity contribution < 1.29 is 97.1 Å². The van der Waals surface area contributed by atoms with Gasteiger partial charge in [-0.3, -0.25) is 0 Å². The average Bonchev–Trinajstić information content (AvgIpc) is 3.45. The first-order valence-corrected chi connectivity index (χ1v) is 25.4. The van der Waals surface area contributed by atoms with E-state index >= 15 is 0 Å². The highest BCUT2D eigenvalue weighted by Crippen LogP contribution is 2.41. The number of carboxylic acids is 1. The molecule has 29 heteroatoms. The van der Waals surface area contributed by atoms with Gasteiger partial charge in [-0.2, -0.15) is 0 Å². The van der Waals surface area contributed by atoms with Crippen LogP contribution in [-0.2, 0) is 79.6 Å². The van der Waals surface area contributed by atoms with Gasteiger partial charge >= 0.3 is 5.97 Å². The van der Waals surface area contributed by atoms with Crippen molar-refractivity contribution in [1.29, 1.82) is 0 Å². The van der Waals surface area contributed by atoms with Crippen LogP contribution in [0, 0.1) is 23.7 Å². The number of aliphatic carboxylic acids is 1. The van der Waals surface area contributed by atoms with Gasteiger partial charge in [0.15, 0.2) is 43.8 Å². The van der Waals surface area contributed by atoms with Crippen molar-refractivity contribution in [3.63, 3.8) is 0 Å².